The molecule has 1 unspecified atom stereocenters. The molecule has 0 radical (unpaired) electrons. The minimum Gasteiger partial charge on any atom is -0.479 e. The maximum atomic E-state index is 14.0. The normalized spacial score (nSPS) is 19.9. The van der Waals surface area contributed by atoms with Crippen molar-refractivity contribution in [3.05, 3.63) is 77.4 Å². The molecule has 5 amide bonds. The second kappa shape index (κ2) is 21.4. The maximum Gasteiger partial charge on any atom is 0.330 e. The lowest BCUT2D eigenvalue weighted by atomic mass is 9.83. The zero-order valence-electron chi connectivity index (χ0n) is 30.9. The first-order valence-corrected chi connectivity index (χ1v) is 19.1. The number of benzene rings is 2. The van der Waals surface area contributed by atoms with E-state index >= 15 is 0 Å². The van der Waals surface area contributed by atoms with E-state index in [4.69, 9.17) is 0 Å². The van der Waals surface area contributed by atoms with Gasteiger partial charge in [0.15, 0.2) is 6.04 Å². The molecule has 290 valence electrons. The SMILES string of the molecule is CCCC(NC(=O)[C@@H]1Cc2cccc(c2)C=CCCCCCC(=O)N[C@@H](C2CCCCC2)C(=O)N1)C(=O)C(=O)NCC(=O)N[C@H](C(=O)O)c1ccccc1. The number of carboxylic acid groups (broad SMARTS) is 1. The molecule has 0 spiro atoms. The first-order valence-electron chi connectivity index (χ1n) is 19.1. The van der Waals surface area contributed by atoms with Gasteiger partial charge in [-0.1, -0.05) is 106 Å². The number of ketones is 1. The van der Waals surface area contributed by atoms with Crippen molar-refractivity contribution in [2.75, 3.05) is 6.54 Å². The van der Waals surface area contributed by atoms with Gasteiger partial charge in [0.05, 0.1) is 12.6 Å². The van der Waals surface area contributed by atoms with Gasteiger partial charge in [-0.2, -0.15) is 0 Å². The number of fused-ring (bicyclic) bond motifs is 2. The Morgan fingerprint density at radius 1 is 0.870 bits per heavy atom. The fourth-order valence-electron chi connectivity index (χ4n) is 6.97. The lowest BCUT2D eigenvalue weighted by Crippen LogP contribution is -2.59. The second-order valence-electron chi connectivity index (χ2n) is 14.1. The van der Waals surface area contributed by atoms with Crippen LogP contribution in [0.15, 0.2) is 60.7 Å². The molecule has 1 heterocycles. The summed E-state index contributed by atoms with van der Waals surface area (Å²) in [6.07, 6.45) is 12.8. The quantitative estimate of drug-likeness (QED) is 0.177. The van der Waals surface area contributed by atoms with Gasteiger partial charge in [0.25, 0.3) is 5.91 Å². The van der Waals surface area contributed by atoms with E-state index in [1.165, 1.54) is 12.1 Å². The number of nitrogens with one attached hydrogen (secondary N) is 5. The molecule has 2 aromatic rings. The van der Waals surface area contributed by atoms with Crippen molar-refractivity contribution >= 4 is 47.4 Å². The van der Waals surface area contributed by atoms with Crippen LogP contribution < -0.4 is 26.6 Å². The molecule has 6 N–H and O–H groups in total. The van der Waals surface area contributed by atoms with Crippen molar-refractivity contribution in [2.45, 2.75) is 115 Å². The van der Waals surface area contributed by atoms with Crippen LogP contribution in [0.3, 0.4) is 0 Å². The van der Waals surface area contributed by atoms with Gasteiger partial charge in [-0.15, -0.1) is 0 Å². The largest absolute Gasteiger partial charge is 0.479 e. The first kappa shape index (κ1) is 41.4. The third kappa shape index (κ3) is 13.0. The highest BCUT2D eigenvalue weighted by Gasteiger charge is 2.35. The van der Waals surface area contributed by atoms with Gasteiger partial charge >= 0.3 is 5.97 Å². The highest BCUT2D eigenvalue weighted by Crippen LogP contribution is 2.27. The van der Waals surface area contributed by atoms with Crippen molar-refractivity contribution in [1.82, 2.24) is 26.6 Å². The van der Waals surface area contributed by atoms with Crippen LogP contribution in [-0.2, 0) is 40.0 Å². The van der Waals surface area contributed by atoms with Crippen LogP contribution in [-0.4, -0.2) is 71.1 Å². The van der Waals surface area contributed by atoms with Crippen LogP contribution in [0.5, 0.6) is 0 Å². The summed E-state index contributed by atoms with van der Waals surface area (Å²) in [6.45, 7) is 1.10. The second-order valence-corrected chi connectivity index (χ2v) is 14.1. The lowest BCUT2D eigenvalue weighted by Gasteiger charge is -2.31. The Bertz CT molecular complexity index is 1660. The summed E-state index contributed by atoms with van der Waals surface area (Å²) in [7, 11) is 0. The molecule has 2 aliphatic rings. The number of carbonyl (C=O) groups is 7. The summed E-state index contributed by atoms with van der Waals surface area (Å²) in [6, 6.07) is 11.0. The summed E-state index contributed by atoms with van der Waals surface area (Å²) in [5, 5.41) is 22.7. The average Bonchev–Trinajstić information content (AvgIpc) is 3.17. The van der Waals surface area contributed by atoms with Gasteiger partial charge in [-0.05, 0) is 61.1 Å². The molecule has 13 nitrogen and oxygen atoms in total. The lowest BCUT2D eigenvalue weighted by molar-refractivity contribution is -0.142. The fraction of sp³-hybridized carbons (Fsp3) is 0.488. The molecular formula is C41H53N5O8. The Morgan fingerprint density at radius 2 is 1.61 bits per heavy atom. The van der Waals surface area contributed by atoms with E-state index < -0.39 is 66.1 Å². The minimum absolute atomic E-state index is 0.0795. The smallest absolute Gasteiger partial charge is 0.330 e. The number of hydrogen-bond donors (Lipinski definition) is 6. The summed E-state index contributed by atoms with van der Waals surface area (Å²) < 4.78 is 0. The van der Waals surface area contributed by atoms with Crippen LogP contribution in [0.1, 0.15) is 107 Å². The molecule has 1 saturated carbocycles. The van der Waals surface area contributed by atoms with Crippen LogP contribution in [0, 0.1) is 5.92 Å². The molecule has 1 fully saturated rings. The number of Topliss-reactive ketones (excluding diaryl/α,β-unsaturated/α-hetero) is 1. The zero-order chi connectivity index (χ0) is 38.9. The predicted octanol–water partition coefficient (Wildman–Crippen LogP) is 3.67. The number of aliphatic carboxylic acids is 1. The minimum atomic E-state index is -1.37. The molecule has 1 aliphatic carbocycles. The molecule has 0 aromatic heterocycles. The van der Waals surface area contributed by atoms with E-state index in [9.17, 15) is 38.7 Å². The molecule has 4 atom stereocenters. The Labute approximate surface area is 316 Å². The maximum absolute atomic E-state index is 14.0. The fourth-order valence-corrected chi connectivity index (χ4v) is 6.97. The van der Waals surface area contributed by atoms with Crippen molar-refractivity contribution in [2.24, 2.45) is 5.92 Å². The van der Waals surface area contributed by atoms with Gasteiger partial charge in [-0.25, -0.2) is 4.79 Å². The Hall–Kier alpha value is -5.33. The standard InChI is InChI=1S/C41H53N5O8/c1-2-15-31(37(49)40(52)42-26-34(48)46-36(41(53)54)30-21-11-7-12-22-30)43-38(50)32-25-28-18-14-17-27(24-28)16-8-4-3-5-13-23-33(47)45-35(39(51)44-32)29-19-9-6-10-20-29/h7-8,11-12,14,16-18,21-22,24,29,31-32,35-36H,2-6,9-10,13,15,19-20,23,25-26H2,1H3,(H,42,52)(H,43,50)(H,44,51)(H,45,47)(H,46,48)(H,53,54)/t31?,32-,35-,36-/m0/s1. The van der Waals surface area contributed by atoms with Crippen LogP contribution in [0.25, 0.3) is 6.08 Å². The van der Waals surface area contributed by atoms with Crippen LogP contribution in [0.4, 0.5) is 0 Å². The number of rotatable bonds is 12. The molecule has 54 heavy (non-hydrogen) atoms. The van der Waals surface area contributed by atoms with Crippen LogP contribution in [0.2, 0.25) is 0 Å². The topological polar surface area (TPSA) is 200 Å². The van der Waals surface area contributed by atoms with E-state index in [2.05, 4.69) is 32.7 Å². The van der Waals surface area contributed by atoms with Gasteiger partial charge < -0.3 is 31.7 Å². The summed E-state index contributed by atoms with van der Waals surface area (Å²) in [5.74, 6) is -5.71. The Morgan fingerprint density at radius 3 is 2.33 bits per heavy atom. The van der Waals surface area contributed by atoms with Crippen LogP contribution >= 0.6 is 0 Å². The van der Waals surface area contributed by atoms with Gasteiger partial charge in [0.1, 0.15) is 12.1 Å². The highest BCUT2D eigenvalue weighted by molar-refractivity contribution is 6.38. The highest BCUT2D eigenvalue weighted by atomic mass is 16.4. The molecule has 13 heteroatoms. The summed E-state index contributed by atoms with van der Waals surface area (Å²) >= 11 is 0. The molecule has 1 aliphatic heterocycles. The van der Waals surface area contributed by atoms with E-state index in [0.717, 1.165) is 62.5 Å². The van der Waals surface area contributed by atoms with E-state index in [0.29, 0.717) is 24.8 Å². The number of hydrogen-bond acceptors (Lipinski definition) is 7. The molecule has 4 rings (SSSR count). The van der Waals surface area contributed by atoms with Crippen molar-refractivity contribution in [3.63, 3.8) is 0 Å². The van der Waals surface area contributed by atoms with Crippen molar-refractivity contribution in [3.8, 4) is 0 Å². The molecule has 2 bridgehead atoms. The Kier molecular flexibility index (Phi) is 16.4. The number of amides is 5. The van der Waals surface area contributed by atoms with E-state index in [1.54, 1.807) is 25.1 Å². The van der Waals surface area contributed by atoms with Gasteiger partial charge in [0, 0.05) is 12.8 Å². The van der Waals surface area contributed by atoms with Crippen molar-refractivity contribution < 1.29 is 38.7 Å². The van der Waals surface area contributed by atoms with Gasteiger partial charge in [-0.3, -0.25) is 28.8 Å². The van der Waals surface area contributed by atoms with E-state index in [1.807, 2.05) is 30.3 Å². The summed E-state index contributed by atoms with van der Waals surface area (Å²) in [4.78, 5) is 91.9. The van der Waals surface area contributed by atoms with Gasteiger partial charge in [0.2, 0.25) is 29.4 Å². The molecular weight excluding hydrogens is 690 g/mol. The average molecular weight is 744 g/mol. The molecule has 2 aromatic carbocycles. The predicted molar refractivity (Wildman–Crippen MR) is 203 cm³/mol. The third-order valence-electron chi connectivity index (χ3n) is 9.86. The number of carboxylic acids is 1. The monoisotopic (exact) mass is 743 g/mol. The summed E-state index contributed by atoms with van der Waals surface area (Å²) in [5.41, 5.74) is 2.02. The number of carbonyl (C=O) groups excluding carboxylic acids is 6. The van der Waals surface area contributed by atoms with E-state index in [-0.39, 0.29) is 24.7 Å². The zero-order valence-corrected chi connectivity index (χ0v) is 30.9. The first-order chi connectivity index (χ1) is 26.0. The third-order valence-corrected chi connectivity index (χ3v) is 9.86. The molecule has 0 saturated heterocycles. The van der Waals surface area contributed by atoms with Crippen molar-refractivity contribution in [1.29, 1.82) is 0 Å². The number of allylic oxidation sites excluding steroid dienone is 1. The Balaban J connectivity index is 1.51.